The van der Waals surface area contributed by atoms with Gasteiger partial charge in [-0.1, -0.05) is 53.6 Å². The lowest BCUT2D eigenvalue weighted by molar-refractivity contribution is -0.143. The Labute approximate surface area is 208 Å². The highest BCUT2D eigenvalue weighted by molar-refractivity contribution is 6.30. The minimum Gasteiger partial charge on any atom is -0.490 e. The number of rotatable bonds is 7. The highest BCUT2D eigenvalue weighted by Gasteiger charge is 2.51. The number of ether oxygens (including phenoxy) is 1. The van der Waals surface area contributed by atoms with Crippen LogP contribution in [0.1, 0.15) is 43.2 Å². The summed E-state index contributed by atoms with van der Waals surface area (Å²) >= 11 is 6.13. The van der Waals surface area contributed by atoms with Gasteiger partial charge in [-0.3, -0.25) is 4.98 Å². The van der Waals surface area contributed by atoms with Crippen LogP contribution in [0.15, 0.2) is 72.6 Å². The van der Waals surface area contributed by atoms with Crippen molar-refractivity contribution in [1.82, 2.24) is 4.98 Å². The van der Waals surface area contributed by atoms with Crippen molar-refractivity contribution in [2.75, 3.05) is 11.9 Å². The van der Waals surface area contributed by atoms with E-state index < -0.39 is 17.3 Å². The number of hydrogen-bond acceptors (Lipinski definition) is 4. The van der Waals surface area contributed by atoms with E-state index in [4.69, 9.17) is 16.3 Å². The van der Waals surface area contributed by atoms with E-state index in [-0.39, 0.29) is 11.2 Å². The van der Waals surface area contributed by atoms with Crippen LogP contribution < -0.4 is 10.1 Å². The number of nitrogens with zero attached hydrogens (tertiary/aromatic N) is 1. The molecule has 1 heterocycles. The average molecular weight is 493 g/mol. The van der Waals surface area contributed by atoms with E-state index in [2.05, 4.69) is 28.5 Å². The molecule has 0 aliphatic heterocycles. The zero-order chi connectivity index (χ0) is 24.5. The summed E-state index contributed by atoms with van der Waals surface area (Å²) in [5, 5.41) is 14.1. The number of carboxylic acid groups (broad SMARTS) is 1. The zero-order valence-electron chi connectivity index (χ0n) is 19.1. The first-order valence-electron chi connectivity index (χ1n) is 11.7. The number of pyridine rings is 1. The molecular formula is C28H26ClFN2O3. The van der Waals surface area contributed by atoms with E-state index in [1.807, 2.05) is 24.3 Å². The van der Waals surface area contributed by atoms with Gasteiger partial charge in [0.15, 0.2) is 11.6 Å². The molecule has 2 aromatic carbocycles. The van der Waals surface area contributed by atoms with E-state index in [0.29, 0.717) is 49.4 Å². The number of halogens is 2. The highest BCUT2D eigenvalue weighted by atomic mass is 35.5. The van der Waals surface area contributed by atoms with Crippen LogP contribution in [-0.4, -0.2) is 28.2 Å². The van der Waals surface area contributed by atoms with Crippen molar-refractivity contribution in [2.45, 2.75) is 43.1 Å². The number of aliphatic carboxylic acids is 1. The van der Waals surface area contributed by atoms with Crippen LogP contribution >= 0.6 is 11.6 Å². The van der Waals surface area contributed by atoms with Gasteiger partial charge >= 0.3 is 5.97 Å². The molecule has 2 aliphatic carbocycles. The number of benzene rings is 2. The fourth-order valence-corrected chi connectivity index (χ4v) is 5.74. The van der Waals surface area contributed by atoms with Crippen molar-refractivity contribution in [2.24, 2.45) is 0 Å². The number of carboxylic acids is 1. The summed E-state index contributed by atoms with van der Waals surface area (Å²) in [6.07, 6.45) is 7.74. The molecule has 2 N–H and O–H groups in total. The average Bonchev–Trinajstić information content (AvgIpc) is 3.15. The minimum atomic E-state index is -1.07. The summed E-state index contributed by atoms with van der Waals surface area (Å²) in [6.45, 7) is 0.327. The van der Waals surface area contributed by atoms with Gasteiger partial charge in [-0.25, -0.2) is 9.18 Å². The molecule has 0 bridgehead atoms. The molecule has 5 rings (SSSR count). The summed E-state index contributed by atoms with van der Waals surface area (Å²) in [6, 6.07) is 17.0. The summed E-state index contributed by atoms with van der Waals surface area (Å²) in [7, 11) is 0. The standard InChI is InChI=1S/C28H26ClFN2O3/c29-21-5-3-6-22(17-21)32-28(26(33)34)12-10-27(11-13-28)20(16-19-4-1-2-7-23(19)27)9-15-35-25-8-14-31-18-24(25)30/h1-8,14,16-18,32H,9-13,15H2,(H,33,34). The normalized spacial score (nSPS) is 23.0. The monoisotopic (exact) mass is 492 g/mol. The predicted molar refractivity (Wildman–Crippen MR) is 134 cm³/mol. The summed E-state index contributed by atoms with van der Waals surface area (Å²) < 4.78 is 19.7. The van der Waals surface area contributed by atoms with Gasteiger partial charge in [-0.05, 0) is 55.0 Å². The number of carbonyl (C=O) groups is 1. The zero-order valence-corrected chi connectivity index (χ0v) is 19.9. The number of nitrogens with one attached hydrogen (secondary N) is 1. The predicted octanol–water partition coefficient (Wildman–Crippen LogP) is 6.49. The number of fused-ring (bicyclic) bond motifs is 2. The van der Waals surface area contributed by atoms with E-state index in [0.717, 1.165) is 11.8 Å². The molecule has 1 saturated carbocycles. The van der Waals surface area contributed by atoms with E-state index in [9.17, 15) is 14.3 Å². The van der Waals surface area contributed by atoms with Crippen LogP contribution in [0.25, 0.3) is 6.08 Å². The molecule has 0 amide bonds. The van der Waals surface area contributed by atoms with Crippen molar-refractivity contribution in [3.63, 3.8) is 0 Å². The Balaban J connectivity index is 1.37. The Morgan fingerprint density at radius 2 is 1.91 bits per heavy atom. The molecule has 1 spiro atoms. The van der Waals surface area contributed by atoms with Gasteiger partial charge in [0.25, 0.3) is 0 Å². The lowest BCUT2D eigenvalue weighted by Gasteiger charge is -2.45. The third kappa shape index (κ3) is 4.39. The van der Waals surface area contributed by atoms with Gasteiger partial charge < -0.3 is 15.2 Å². The molecule has 0 unspecified atom stereocenters. The molecule has 2 aliphatic rings. The Kier molecular flexibility index (Phi) is 6.24. The SMILES string of the molecule is O=C(O)C1(Nc2cccc(Cl)c2)CCC2(CC1)C(CCOc1ccncc1F)=Cc1ccccc12. The van der Waals surface area contributed by atoms with Gasteiger partial charge in [0.1, 0.15) is 5.54 Å². The van der Waals surface area contributed by atoms with Gasteiger partial charge in [0, 0.05) is 34.8 Å². The molecule has 0 radical (unpaired) electrons. The van der Waals surface area contributed by atoms with Crippen LogP contribution in [0.4, 0.5) is 10.1 Å². The summed E-state index contributed by atoms with van der Waals surface area (Å²) in [5.41, 5.74) is 2.96. The Hall–Kier alpha value is -3.38. The minimum absolute atomic E-state index is 0.185. The first-order chi connectivity index (χ1) is 16.9. The molecule has 0 atom stereocenters. The maximum absolute atomic E-state index is 13.9. The fraction of sp³-hybridized carbons (Fsp3) is 0.286. The summed E-state index contributed by atoms with van der Waals surface area (Å²) in [4.78, 5) is 16.2. The molecule has 180 valence electrons. The van der Waals surface area contributed by atoms with Crippen molar-refractivity contribution in [1.29, 1.82) is 0 Å². The largest absolute Gasteiger partial charge is 0.490 e. The maximum atomic E-state index is 13.9. The smallest absolute Gasteiger partial charge is 0.329 e. The van der Waals surface area contributed by atoms with Crippen LogP contribution in [0.2, 0.25) is 5.02 Å². The second-order valence-corrected chi connectivity index (χ2v) is 9.70. The Morgan fingerprint density at radius 3 is 2.66 bits per heavy atom. The summed E-state index contributed by atoms with van der Waals surface area (Å²) in [5.74, 6) is -1.16. The van der Waals surface area contributed by atoms with Crippen LogP contribution in [0.5, 0.6) is 5.75 Å². The molecule has 7 heteroatoms. The molecule has 5 nitrogen and oxygen atoms in total. The fourth-order valence-electron chi connectivity index (χ4n) is 5.55. The Morgan fingerprint density at radius 1 is 1.11 bits per heavy atom. The first-order valence-corrected chi connectivity index (χ1v) is 12.1. The number of anilines is 1. The van der Waals surface area contributed by atoms with Gasteiger partial charge in [-0.2, -0.15) is 0 Å². The van der Waals surface area contributed by atoms with Crippen LogP contribution in [0.3, 0.4) is 0 Å². The third-order valence-electron chi connectivity index (χ3n) is 7.36. The van der Waals surface area contributed by atoms with Crippen molar-refractivity contribution >= 4 is 29.3 Å². The molecule has 35 heavy (non-hydrogen) atoms. The van der Waals surface area contributed by atoms with E-state index in [1.165, 1.54) is 23.4 Å². The van der Waals surface area contributed by atoms with Crippen LogP contribution in [0, 0.1) is 5.82 Å². The number of hydrogen-bond donors (Lipinski definition) is 2. The van der Waals surface area contributed by atoms with E-state index >= 15 is 0 Å². The van der Waals surface area contributed by atoms with Crippen LogP contribution in [-0.2, 0) is 10.2 Å². The maximum Gasteiger partial charge on any atom is 0.329 e. The molecule has 3 aromatic rings. The highest BCUT2D eigenvalue weighted by Crippen LogP contribution is 2.54. The van der Waals surface area contributed by atoms with Gasteiger partial charge in [-0.15, -0.1) is 0 Å². The topological polar surface area (TPSA) is 71.5 Å². The quantitative estimate of drug-likeness (QED) is 0.394. The first kappa shape index (κ1) is 23.4. The lowest BCUT2D eigenvalue weighted by Crippen LogP contribution is -2.52. The van der Waals surface area contributed by atoms with E-state index in [1.54, 1.807) is 12.1 Å². The van der Waals surface area contributed by atoms with Crippen molar-refractivity contribution in [3.05, 3.63) is 94.5 Å². The third-order valence-corrected chi connectivity index (χ3v) is 7.59. The molecule has 0 saturated heterocycles. The van der Waals surface area contributed by atoms with Gasteiger partial charge in [0.2, 0.25) is 0 Å². The van der Waals surface area contributed by atoms with Crippen molar-refractivity contribution in [3.8, 4) is 5.75 Å². The number of aromatic nitrogens is 1. The molecule has 1 aromatic heterocycles. The molecule has 1 fully saturated rings. The lowest BCUT2D eigenvalue weighted by atomic mass is 9.62. The second-order valence-electron chi connectivity index (χ2n) is 9.27. The second kappa shape index (κ2) is 9.34. The van der Waals surface area contributed by atoms with Gasteiger partial charge in [0.05, 0.1) is 12.8 Å². The van der Waals surface area contributed by atoms with Crippen molar-refractivity contribution < 1.29 is 19.0 Å². The molecular weight excluding hydrogens is 467 g/mol. The Bertz CT molecular complexity index is 1280.